The fraction of sp³-hybridized carbons (Fsp3) is 0.158. The lowest BCUT2D eigenvalue weighted by Crippen LogP contribution is -2.30. The molecule has 2 aromatic carbocycles. The number of amides is 1. The van der Waals surface area contributed by atoms with Gasteiger partial charge in [-0.15, -0.1) is 0 Å². The topological polar surface area (TPSA) is 58.2 Å². The zero-order valence-corrected chi connectivity index (χ0v) is 13.1. The molecule has 0 unspecified atom stereocenters. The number of aromatic nitrogens is 2. The minimum atomic E-state index is -0.453. The van der Waals surface area contributed by atoms with Crippen LogP contribution >= 0.6 is 0 Å². The lowest BCUT2D eigenvalue weighted by Gasteiger charge is -2.21. The summed E-state index contributed by atoms with van der Waals surface area (Å²) in [6.07, 6.45) is 2.48. The van der Waals surface area contributed by atoms with Crippen molar-refractivity contribution in [2.75, 3.05) is 4.90 Å². The first kappa shape index (κ1) is 14.5. The van der Waals surface area contributed by atoms with Gasteiger partial charge in [-0.05, 0) is 43.5 Å². The third kappa shape index (κ3) is 2.65. The van der Waals surface area contributed by atoms with E-state index in [2.05, 4.69) is 10.2 Å². The standard InChI is InChI=1S/C19H17N3O2/c23-19(24-15-10-5-2-6-11-15)22(14-8-3-1-4-9-14)18-16-12-7-13-17(16)20-21-18/h1-6,8-11H,7,12-13H2,(H,20,21). The summed E-state index contributed by atoms with van der Waals surface area (Å²) in [4.78, 5) is 14.4. The molecular formula is C19H17N3O2. The van der Waals surface area contributed by atoms with E-state index in [1.807, 2.05) is 48.5 Å². The number of nitrogens with one attached hydrogen (secondary N) is 1. The van der Waals surface area contributed by atoms with Crippen molar-refractivity contribution in [3.8, 4) is 5.75 Å². The normalized spacial score (nSPS) is 12.7. The zero-order chi connectivity index (χ0) is 16.4. The molecule has 1 amide bonds. The van der Waals surface area contributed by atoms with Crippen LogP contribution in [0, 0.1) is 0 Å². The molecule has 0 aliphatic heterocycles. The second-order valence-electron chi connectivity index (χ2n) is 5.70. The molecule has 0 spiro atoms. The van der Waals surface area contributed by atoms with Crippen molar-refractivity contribution in [1.82, 2.24) is 10.2 Å². The molecule has 0 radical (unpaired) electrons. The van der Waals surface area contributed by atoms with Gasteiger partial charge in [0.05, 0.1) is 11.4 Å². The van der Waals surface area contributed by atoms with Crippen LogP contribution in [0.3, 0.4) is 0 Å². The number of para-hydroxylation sites is 2. The number of benzene rings is 2. The number of carbonyl (C=O) groups is 1. The van der Waals surface area contributed by atoms with Gasteiger partial charge in [0.15, 0.2) is 0 Å². The minimum absolute atomic E-state index is 0.453. The maximum atomic E-state index is 12.9. The average molecular weight is 319 g/mol. The van der Waals surface area contributed by atoms with Crippen LogP contribution in [0.4, 0.5) is 16.3 Å². The van der Waals surface area contributed by atoms with E-state index in [4.69, 9.17) is 4.74 Å². The molecular weight excluding hydrogens is 302 g/mol. The molecule has 24 heavy (non-hydrogen) atoms. The van der Waals surface area contributed by atoms with E-state index in [0.717, 1.165) is 36.2 Å². The predicted molar refractivity (Wildman–Crippen MR) is 91.7 cm³/mol. The summed E-state index contributed by atoms with van der Waals surface area (Å²) in [5.74, 6) is 1.22. The number of aryl methyl sites for hydroxylation is 1. The summed E-state index contributed by atoms with van der Waals surface area (Å²) in [5, 5.41) is 7.37. The van der Waals surface area contributed by atoms with Gasteiger partial charge in [-0.3, -0.25) is 5.10 Å². The van der Waals surface area contributed by atoms with E-state index < -0.39 is 6.09 Å². The van der Waals surface area contributed by atoms with Crippen LogP contribution < -0.4 is 9.64 Å². The van der Waals surface area contributed by atoms with Crippen molar-refractivity contribution < 1.29 is 9.53 Å². The summed E-state index contributed by atoms with van der Waals surface area (Å²) in [6, 6.07) is 18.6. The summed E-state index contributed by atoms with van der Waals surface area (Å²) in [6.45, 7) is 0. The SMILES string of the molecule is O=C(Oc1ccccc1)N(c1ccccc1)c1[nH]nc2c1CCC2. The van der Waals surface area contributed by atoms with Crippen LogP contribution in [0.1, 0.15) is 17.7 Å². The average Bonchev–Trinajstić information content (AvgIpc) is 3.22. The number of rotatable bonds is 3. The number of anilines is 2. The first-order chi connectivity index (χ1) is 11.8. The van der Waals surface area contributed by atoms with Crippen molar-refractivity contribution in [2.45, 2.75) is 19.3 Å². The Hall–Kier alpha value is -3.08. The van der Waals surface area contributed by atoms with Gasteiger partial charge in [0, 0.05) is 5.56 Å². The Morgan fingerprint density at radius 1 is 1.00 bits per heavy atom. The molecule has 5 nitrogen and oxygen atoms in total. The summed E-state index contributed by atoms with van der Waals surface area (Å²) >= 11 is 0. The van der Waals surface area contributed by atoms with Crippen LogP contribution in [-0.2, 0) is 12.8 Å². The van der Waals surface area contributed by atoms with E-state index >= 15 is 0 Å². The van der Waals surface area contributed by atoms with Crippen molar-refractivity contribution >= 4 is 17.6 Å². The maximum Gasteiger partial charge on any atom is 0.425 e. The van der Waals surface area contributed by atoms with E-state index in [0.29, 0.717) is 11.6 Å². The molecule has 1 heterocycles. The van der Waals surface area contributed by atoms with Gasteiger partial charge in [0.2, 0.25) is 0 Å². The van der Waals surface area contributed by atoms with E-state index in [1.54, 1.807) is 17.0 Å². The molecule has 5 heteroatoms. The number of ether oxygens (including phenoxy) is 1. The van der Waals surface area contributed by atoms with Gasteiger partial charge in [-0.25, -0.2) is 9.69 Å². The largest absolute Gasteiger partial charge is 0.425 e. The van der Waals surface area contributed by atoms with Crippen LogP contribution in [0.25, 0.3) is 0 Å². The number of hydrogen-bond acceptors (Lipinski definition) is 3. The van der Waals surface area contributed by atoms with Crippen LogP contribution in [0.15, 0.2) is 60.7 Å². The number of fused-ring (bicyclic) bond motifs is 1. The van der Waals surface area contributed by atoms with Gasteiger partial charge in [0.25, 0.3) is 0 Å². The fourth-order valence-electron chi connectivity index (χ4n) is 3.02. The zero-order valence-electron chi connectivity index (χ0n) is 13.1. The quantitative estimate of drug-likeness (QED) is 0.785. The molecule has 4 rings (SSSR count). The van der Waals surface area contributed by atoms with Crippen molar-refractivity contribution in [2.24, 2.45) is 0 Å². The molecule has 120 valence electrons. The molecule has 3 aromatic rings. The number of aromatic amines is 1. The Labute approximate surface area is 139 Å². The highest BCUT2D eigenvalue weighted by Crippen LogP contribution is 2.33. The minimum Gasteiger partial charge on any atom is -0.410 e. The number of nitrogens with zero attached hydrogens (tertiary/aromatic N) is 2. The highest BCUT2D eigenvalue weighted by Gasteiger charge is 2.28. The van der Waals surface area contributed by atoms with E-state index in [-0.39, 0.29) is 0 Å². The molecule has 0 fully saturated rings. The van der Waals surface area contributed by atoms with Gasteiger partial charge in [-0.1, -0.05) is 36.4 Å². The molecule has 0 bridgehead atoms. The van der Waals surface area contributed by atoms with Gasteiger partial charge in [-0.2, -0.15) is 5.10 Å². The fourth-order valence-corrected chi connectivity index (χ4v) is 3.02. The molecule has 0 atom stereocenters. The van der Waals surface area contributed by atoms with E-state index in [1.165, 1.54) is 0 Å². The Morgan fingerprint density at radius 3 is 2.46 bits per heavy atom. The van der Waals surface area contributed by atoms with Crippen LogP contribution in [-0.4, -0.2) is 16.3 Å². The second-order valence-corrected chi connectivity index (χ2v) is 5.70. The highest BCUT2D eigenvalue weighted by molar-refractivity contribution is 5.97. The van der Waals surface area contributed by atoms with Crippen LogP contribution in [0.2, 0.25) is 0 Å². The molecule has 1 aliphatic rings. The molecule has 1 aliphatic carbocycles. The number of hydrogen-bond donors (Lipinski definition) is 1. The highest BCUT2D eigenvalue weighted by atomic mass is 16.6. The summed E-state index contributed by atoms with van der Waals surface area (Å²) < 4.78 is 5.55. The van der Waals surface area contributed by atoms with Gasteiger partial charge < -0.3 is 4.74 Å². The van der Waals surface area contributed by atoms with Crippen molar-refractivity contribution in [1.29, 1.82) is 0 Å². The van der Waals surface area contributed by atoms with Crippen LogP contribution in [0.5, 0.6) is 5.75 Å². The third-order valence-electron chi connectivity index (χ3n) is 4.14. The molecule has 0 saturated heterocycles. The number of carbonyl (C=O) groups excluding carboxylic acids is 1. The third-order valence-corrected chi connectivity index (χ3v) is 4.14. The lowest BCUT2D eigenvalue weighted by atomic mass is 10.2. The van der Waals surface area contributed by atoms with Crippen molar-refractivity contribution in [3.63, 3.8) is 0 Å². The monoisotopic (exact) mass is 319 g/mol. The first-order valence-electron chi connectivity index (χ1n) is 8.01. The Kier molecular flexibility index (Phi) is 3.75. The Bertz CT molecular complexity index is 844. The Balaban J connectivity index is 1.72. The molecule has 0 saturated carbocycles. The van der Waals surface area contributed by atoms with Crippen molar-refractivity contribution in [3.05, 3.63) is 71.9 Å². The lowest BCUT2D eigenvalue weighted by molar-refractivity contribution is 0.210. The smallest absolute Gasteiger partial charge is 0.410 e. The predicted octanol–water partition coefficient (Wildman–Crippen LogP) is 4.24. The first-order valence-corrected chi connectivity index (χ1v) is 8.01. The molecule has 1 aromatic heterocycles. The van der Waals surface area contributed by atoms with E-state index in [9.17, 15) is 4.79 Å². The molecule has 1 N–H and O–H groups in total. The Morgan fingerprint density at radius 2 is 1.71 bits per heavy atom. The van der Waals surface area contributed by atoms with Gasteiger partial charge >= 0.3 is 6.09 Å². The second kappa shape index (κ2) is 6.20. The van der Waals surface area contributed by atoms with Gasteiger partial charge in [0.1, 0.15) is 11.6 Å². The number of H-pyrrole nitrogens is 1. The summed E-state index contributed by atoms with van der Waals surface area (Å²) in [7, 11) is 0. The summed E-state index contributed by atoms with van der Waals surface area (Å²) in [5.41, 5.74) is 2.89. The maximum absolute atomic E-state index is 12.9.